The summed E-state index contributed by atoms with van der Waals surface area (Å²) in [7, 11) is 0. The molecule has 33 heavy (non-hydrogen) atoms. The fourth-order valence-corrected chi connectivity index (χ4v) is 3.87. The zero-order valence-electron chi connectivity index (χ0n) is 20.9. The molecule has 0 heterocycles. The summed E-state index contributed by atoms with van der Waals surface area (Å²) in [5.74, 6) is 0.0819. The lowest BCUT2D eigenvalue weighted by Gasteiger charge is -2.30. The fraction of sp³-hybridized carbons (Fsp3) is 0.481. The number of benzene rings is 2. The normalized spacial score (nSPS) is 12.3. The van der Waals surface area contributed by atoms with Crippen LogP contribution >= 0.6 is 0 Å². The van der Waals surface area contributed by atoms with Crippen LogP contribution in [0.1, 0.15) is 52.2 Å². The Bertz CT molecular complexity index is 870. The zero-order chi connectivity index (χ0) is 24.4. The summed E-state index contributed by atoms with van der Waals surface area (Å²) in [6.07, 6.45) is 0.251. The van der Waals surface area contributed by atoms with Crippen molar-refractivity contribution in [2.75, 3.05) is 18.4 Å². The van der Waals surface area contributed by atoms with Crippen molar-refractivity contribution in [3.8, 4) is 11.1 Å². The van der Waals surface area contributed by atoms with Gasteiger partial charge in [-0.15, -0.1) is 0 Å². The monoisotopic (exact) mass is 458 g/mol. The number of hydrogen-bond acceptors (Lipinski definition) is 3. The topological polar surface area (TPSA) is 73.5 Å². The number of amides is 3. The average Bonchev–Trinajstić information content (AvgIpc) is 2.76. The van der Waals surface area contributed by atoms with Gasteiger partial charge in [-0.2, -0.15) is 0 Å². The second-order valence-corrected chi connectivity index (χ2v) is 9.37. The molecule has 0 bridgehead atoms. The Morgan fingerprint density at radius 1 is 0.848 bits per heavy atom. The molecule has 0 unspecified atom stereocenters. The first kappa shape index (κ1) is 26.4. The maximum absolute atomic E-state index is 12.6. The van der Waals surface area contributed by atoms with Gasteiger partial charge >= 0.3 is 6.03 Å². The smallest absolute Gasteiger partial charge is 0.319 e. The van der Waals surface area contributed by atoms with Gasteiger partial charge in [0.15, 0.2) is 0 Å². The number of nitrogens with zero attached hydrogens (tertiary/aromatic N) is 1. The first-order valence-corrected chi connectivity index (χ1v) is 11.9. The highest BCUT2D eigenvalue weighted by Gasteiger charge is 2.20. The van der Waals surface area contributed by atoms with Gasteiger partial charge in [0.2, 0.25) is 5.91 Å². The molecule has 0 aliphatic heterocycles. The summed E-state index contributed by atoms with van der Waals surface area (Å²) in [4.78, 5) is 27.4. The highest BCUT2D eigenvalue weighted by Crippen LogP contribution is 2.21. The molecule has 0 radical (unpaired) electrons. The van der Waals surface area contributed by atoms with Gasteiger partial charge in [0.1, 0.15) is 0 Å². The van der Waals surface area contributed by atoms with Gasteiger partial charge in [-0.25, -0.2) is 4.79 Å². The highest BCUT2D eigenvalue weighted by molar-refractivity contribution is 5.90. The number of rotatable bonds is 11. The average molecular weight is 459 g/mol. The van der Waals surface area contributed by atoms with Gasteiger partial charge in [0.05, 0.1) is 0 Å². The van der Waals surface area contributed by atoms with Crippen molar-refractivity contribution in [1.29, 1.82) is 0 Å². The summed E-state index contributed by atoms with van der Waals surface area (Å²) in [5, 5.41) is 8.83. The molecule has 2 rings (SSSR count). The van der Waals surface area contributed by atoms with E-state index >= 15 is 0 Å². The Hall–Kier alpha value is -2.86. The molecular formula is C27H46N4O2. The summed E-state index contributed by atoms with van der Waals surface area (Å²) in [6, 6.07) is 18.1. The SMILES string of the molecule is CC(C)[C@@H](CC(=O)NCCN(C(C)C)C(C)C)NC(=O)Nc1ccc(-c2ccccc2)cc1.[HH].[HH].[HH]. The minimum atomic E-state index is -0.306. The molecule has 1 atom stereocenters. The number of urea groups is 1. The van der Waals surface area contributed by atoms with Crippen molar-refractivity contribution >= 4 is 17.6 Å². The quantitative estimate of drug-likeness (QED) is 0.395. The minimum Gasteiger partial charge on any atom is -0.355 e. The largest absolute Gasteiger partial charge is 0.355 e. The van der Waals surface area contributed by atoms with Crippen LogP contribution < -0.4 is 16.0 Å². The Labute approximate surface area is 203 Å². The first-order valence-electron chi connectivity index (χ1n) is 11.9. The van der Waals surface area contributed by atoms with Crippen LogP contribution in [0, 0.1) is 5.92 Å². The zero-order valence-corrected chi connectivity index (χ0v) is 20.9. The van der Waals surface area contributed by atoms with Crippen LogP contribution in [-0.4, -0.2) is 48.1 Å². The number of carbonyl (C=O) groups excluding carboxylic acids is 2. The molecule has 0 aliphatic carbocycles. The lowest BCUT2D eigenvalue weighted by atomic mass is 10.0. The summed E-state index contributed by atoms with van der Waals surface area (Å²) in [5.41, 5.74) is 2.93. The molecule has 3 N–H and O–H groups in total. The molecule has 3 amide bonds. The third-order valence-electron chi connectivity index (χ3n) is 5.80. The van der Waals surface area contributed by atoms with Crippen LogP contribution in [0.5, 0.6) is 0 Å². The van der Waals surface area contributed by atoms with Gasteiger partial charge in [0, 0.05) is 47.6 Å². The maximum Gasteiger partial charge on any atom is 0.319 e. The van der Waals surface area contributed by atoms with E-state index in [0.29, 0.717) is 24.3 Å². The van der Waals surface area contributed by atoms with Crippen molar-refractivity contribution in [1.82, 2.24) is 15.5 Å². The van der Waals surface area contributed by atoms with Gasteiger partial charge in [-0.3, -0.25) is 9.69 Å². The van der Waals surface area contributed by atoms with Gasteiger partial charge in [-0.05, 0) is 56.9 Å². The van der Waals surface area contributed by atoms with E-state index in [4.69, 9.17) is 0 Å². The van der Waals surface area contributed by atoms with Gasteiger partial charge in [0.25, 0.3) is 0 Å². The second kappa shape index (κ2) is 13.0. The van der Waals surface area contributed by atoms with Crippen LogP contribution in [0.3, 0.4) is 0 Å². The third-order valence-corrected chi connectivity index (χ3v) is 5.80. The Balaban J connectivity index is 0. The molecule has 2 aromatic rings. The molecule has 0 aromatic heterocycles. The van der Waals surface area contributed by atoms with E-state index in [2.05, 4.69) is 60.7 Å². The van der Waals surface area contributed by atoms with Crippen molar-refractivity contribution in [3.05, 3.63) is 54.6 Å². The lowest BCUT2D eigenvalue weighted by Crippen LogP contribution is -2.46. The molecule has 0 saturated carbocycles. The predicted octanol–water partition coefficient (Wildman–Crippen LogP) is 5.86. The molecule has 2 aromatic carbocycles. The molecule has 186 valence electrons. The number of nitrogens with one attached hydrogen (secondary N) is 3. The molecule has 0 saturated heterocycles. The number of anilines is 1. The van der Waals surface area contributed by atoms with E-state index in [-0.39, 0.29) is 34.6 Å². The molecular weight excluding hydrogens is 412 g/mol. The fourth-order valence-electron chi connectivity index (χ4n) is 3.87. The molecule has 0 fully saturated rings. The summed E-state index contributed by atoms with van der Waals surface area (Å²) in [6.45, 7) is 14.1. The summed E-state index contributed by atoms with van der Waals surface area (Å²) < 4.78 is 0. The van der Waals surface area contributed by atoms with E-state index in [0.717, 1.165) is 17.7 Å². The van der Waals surface area contributed by atoms with Crippen molar-refractivity contribution in [3.63, 3.8) is 0 Å². The van der Waals surface area contributed by atoms with Crippen LogP contribution in [-0.2, 0) is 4.79 Å². The Morgan fingerprint density at radius 2 is 1.42 bits per heavy atom. The van der Waals surface area contributed by atoms with Crippen LogP contribution in [0.15, 0.2) is 54.6 Å². The predicted molar refractivity (Wildman–Crippen MR) is 144 cm³/mol. The molecule has 0 spiro atoms. The van der Waals surface area contributed by atoms with Crippen molar-refractivity contribution in [2.24, 2.45) is 5.92 Å². The van der Waals surface area contributed by atoms with E-state index < -0.39 is 0 Å². The van der Waals surface area contributed by atoms with Gasteiger partial charge < -0.3 is 16.0 Å². The van der Waals surface area contributed by atoms with E-state index in [1.165, 1.54) is 0 Å². The van der Waals surface area contributed by atoms with Crippen molar-refractivity contribution in [2.45, 2.75) is 66.1 Å². The lowest BCUT2D eigenvalue weighted by molar-refractivity contribution is -0.121. The maximum atomic E-state index is 12.6. The Morgan fingerprint density at radius 3 is 1.97 bits per heavy atom. The second-order valence-electron chi connectivity index (χ2n) is 9.37. The highest BCUT2D eigenvalue weighted by atomic mass is 16.2. The Kier molecular flexibility index (Phi) is 10.4. The van der Waals surface area contributed by atoms with E-state index in [1.54, 1.807) is 0 Å². The van der Waals surface area contributed by atoms with Crippen LogP contribution in [0.25, 0.3) is 11.1 Å². The molecule has 0 aliphatic rings. The third kappa shape index (κ3) is 8.89. The summed E-state index contributed by atoms with van der Waals surface area (Å²) >= 11 is 0. The van der Waals surface area contributed by atoms with Crippen LogP contribution in [0.2, 0.25) is 0 Å². The number of hydrogen-bond donors (Lipinski definition) is 3. The van der Waals surface area contributed by atoms with Crippen molar-refractivity contribution < 1.29 is 13.9 Å². The minimum absolute atomic E-state index is 0. The number of carbonyl (C=O) groups is 2. The van der Waals surface area contributed by atoms with Gasteiger partial charge in [-0.1, -0.05) is 56.3 Å². The first-order chi connectivity index (χ1) is 15.7. The van der Waals surface area contributed by atoms with E-state index in [1.807, 2.05) is 56.3 Å². The molecule has 6 nitrogen and oxygen atoms in total. The van der Waals surface area contributed by atoms with Crippen LogP contribution in [0.4, 0.5) is 10.5 Å². The molecule has 6 heteroatoms. The van der Waals surface area contributed by atoms with E-state index in [9.17, 15) is 9.59 Å². The standard InChI is InChI=1S/C27H40N4O2.3H2/c1-19(2)25(18-26(32)28-16-17-31(20(3)4)21(5)6)30-27(33)29-24-14-12-23(13-15-24)22-10-8-7-9-11-22;;;/h7-15,19-21,25H,16-18H2,1-6H3,(H,28,32)(H2,29,30,33);3*1H/t25-;;;/m1.../s1.